The van der Waals surface area contributed by atoms with E-state index in [2.05, 4.69) is 17.4 Å². The zero-order valence-corrected chi connectivity index (χ0v) is 17.3. The van der Waals surface area contributed by atoms with Gasteiger partial charge in [0, 0.05) is 13.2 Å². The summed E-state index contributed by atoms with van der Waals surface area (Å²) in [6.45, 7) is 11.8. The molecule has 1 aromatic carbocycles. The standard InChI is InChI=1S/C19H33NO4Si/c1-6-22-25(23-7-2,17-12-9-8-10-13-17)15-11-14-20-16-18(21)24-19(3,4)5/h8-10,12-13,20H,6-7,11,14-16H2,1-5H3. The van der Waals surface area contributed by atoms with Gasteiger partial charge in [-0.2, -0.15) is 0 Å². The highest BCUT2D eigenvalue weighted by molar-refractivity contribution is 6.81. The number of hydrogen-bond donors (Lipinski definition) is 1. The van der Waals surface area contributed by atoms with E-state index in [-0.39, 0.29) is 12.5 Å². The van der Waals surface area contributed by atoms with Gasteiger partial charge in [0.05, 0.1) is 6.54 Å². The predicted octanol–water partition coefficient (Wildman–Crippen LogP) is 2.73. The molecule has 1 N–H and O–H groups in total. The third kappa shape index (κ3) is 8.14. The van der Waals surface area contributed by atoms with Crippen molar-refractivity contribution in [3.63, 3.8) is 0 Å². The number of esters is 1. The number of benzene rings is 1. The molecular weight excluding hydrogens is 334 g/mol. The fourth-order valence-electron chi connectivity index (χ4n) is 2.67. The smallest absolute Gasteiger partial charge is 0.372 e. The minimum absolute atomic E-state index is 0.223. The highest BCUT2D eigenvalue weighted by Gasteiger charge is 2.38. The van der Waals surface area contributed by atoms with Crippen molar-refractivity contribution in [3.05, 3.63) is 30.3 Å². The Morgan fingerprint density at radius 1 is 1.08 bits per heavy atom. The summed E-state index contributed by atoms with van der Waals surface area (Å²) in [5.41, 5.74) is -0.446. The lowest BCUT2D eigenvalue weighted by Gasteiger charge is -2.30. The maximum atomic E-state index is 11.7. The molecule has 6 heteroatoms. The quantitative estimate of drug-likeness (QED) is 0.370. The molecule has 5 nitrogen and oxygen atoms in total. The van der Waals surface area contributed by atoms with Crippen LogP contribution in [0.5, 0.6) is 0 Å². The van der Waals surface area contributed by atoms with Crippen LogP contribution >= 0.6 is 0 Å². The first-order valence-corrected chi connectivity index (χ1v) is 11.1. The van der Waals surface area contributed by atoms with E-state index in [4.69, 9.17) is 13.6 Å². The molecule has 0 fully saturated rings. The third-order valence-electron chi connectivity index (χ3n) is 3.52. The van der Waals surface area contributed by atoms with Crippen LogP contribution in [0.2, 0.25) is 6.04 Å². The van der Waals surface area contributed by atoms with Crippen molar-refractivity contribution >= 4 is 19.7 Å². The lowest BCUT2D eigenvalue weighted by atomic mass is 10.2. The third-order valence-corrected chi connectivity index (χ3v) is 7.25. The lowest BCUT2D eigenvalue weighted by Crippen LogP contribution is -2.54. The normalized spacial score (nSPS) is 12.2. The SMILES string of the molecule is CCO[Si](CCCNCC(=O)OC(C)(C)C)(OCC)c1ccccc1. The molecule has 0 aliphatic heterocycles. The van der Waals surface area contributed by atoms with E-state index in [0.717, 1.165) is 24.2 Å². The first-order chi connectivity index (χ1) is 11.8. The van der Waals surface area contributed by atoms with Crippen molar-refractivity contribution in [2.45, 2.75) is 52.7 Å². The molecule has 0 spiro atoms. The summed E-state index contributed by atoms with van der Waals surface area (Å²) in [4.78, 5) is 11.7. The highest BCUT2D eigenvalue weighted by Crippen LogP contribution is 2.16. The van der Waals surface area contributed by atoms with Gasteiger partial charge in [0.1, 0.15) is 5.60 Å². The molecule has 0 atom stereocenters. The van der Waals surface area contributed by atoms with Crippen LogP contribution in [0.15, 0.2) is 30.3 Å². The van der Waals surface area contributed by atoms with Crippen LogP contribution in [0.4, 0.5) is 0 Å². The molecule has 0 radical (unpaired) electrons. The van der Waals surface area contributed by atoms with E-state index in [1.807, 2.05) is 52.8 Å². The molecule has 0 bridgehead atoms. The largest absolute Gasteiger partial charge is 0.459 e. The van der Waals surface area contributed by atoms with Crippen molar-refractivity contribution in [1.29, 1.82) is 0 Å². The highest BCUT2D eigenvalue weighted by atomic mass is 28.4. The van der Waals surface area contributed by atoms with Gasteiger partial charge in [-0.3, -0.25) is 4.79 Å². The van der Waals surface area contributed by atoms with Crippen molar-refractivity contribution in [1.82, 2.24) is 5.32 Å². The maximum absolute atomic E-state index is 11.7. The van der Waals surface area contributed by atoms with Crippen LogP contribution in [0, 0.1) is 0 Å². The van der Waals surface area contributed by atoms with Gasteiger partial charge in [0.2, 0.25) is 0 Å². The Morgan fingerprint density at radius 3 is 2.20 bits per heavy atom. The zero-order valence-electron chi connectivity index (χ0n) is 16.3. The van der Waals surface area contributed by atoms with Crippen molar-refractivity contribution < 1.29 is 18.4 Å². The minimum Gasteiger partial charge on any atom is -0.459 e. The van der Waals surface area contributed by atoms with Crippen LogP contribution in [0.25, 0.3) is 0 Å². The number of hydrogen-bond acceptors (Lipinski definition) is 5. The second kappa shape index (κ2) is 10.7. The van der Waals surface area contributed by atoms with Crippen LogP contribution in [0.1, 0.15) is 41.0 Å². The Balaban J connectivity index is 2.55. The van der Waals surface area contributed by atoms with Gasteiger partial charge in [0.15, 0.2) is 0 Å². The predicted molar refractivity (Wildman–Crippen MR) is 103 cm³/mol. The molecule has 0 saturated carbocycles. The summed E-state index contributed by atoms with van der Waals surface area (Å²) in [5, 5.41) is 4.31. The van der Waals surface area contributed by atoms with E-state index in [9.17, 15) is 4.79 Å². The average Bonchev–Trinajstić information content (AvgIpc) is 2.54. The minimum atomic E-state index is -2.44. The summed E-state index contributed by atoms with van der Waals surface area (Å²) >= 11 is 0. The molecule has 1 rings (SSSR count). The average molecular weight is 368 g/mol. The van der Waals surface area contributed by atoms with Gasteiger partial charge in [-0.25, -0.2) is 0 Å². The van der Waals surface area contributed by atoms with E-state index < -0.39 is 14.2 Å². The molecule has 0 aliphatic carbocycles. The monoisotopic (exact) mass is 367 g/mol. The van der Waals surface area contributed by atoms with Gasteiger partial charge in [0.25, 0.3) is 0 Å². The summed E-state index contributed by atoms with van der Waals surface area (Å²) in [7, 11) is -2.44. The molecule has 142 valence electrons. The Kier molecular flexibility index (Phi) is 9.35. The fourth-order valence-corrected chi connectivity index (χ4v) is 5.94. The molecule has 0 unspecified atom stereocenters. The molecule has 0 saturated heterocycles. The molecule has 0 aromatic heterocycles. The second-order valence-electron chi connectivity index (χ2n) is 6.85. The topological polar surface area (TPSA) is 56.8 Å². The number of carbonyl (C=O) groups excluding carboxylic acids is 1. The second-order valence-corrected chi connectivity index (χ2v) is 10.0. The number of nitrogens with one attached hydrogen (secondary N) is 1. The van der Waals surface area contributed by atoms with Gasteiger partial charge in [-0.1, -0.05) is 30.3 Å². The molecule has 0 heterocycles. The number of carbonyl (C=O) groups is 1. The molecule has 0 amide bonds. The van der Waals surface area contributed by atoms with Crippen molar-refractivity contribution in [3.8, 4) is 0 Å². The van der Waals surface area contributed by atoms with Gasteiger partial charge >= 0.3 is 14.5 Å². The lowest BCUT2D eigenvalue weighted by molar-refractivity contribution is -0.153. The molecule has 25 heavy (non-hydrogen) atoms. The number of ether oxygens (including phenoxy) is 1. The van der Waals surface area contributed by atoms with E-state index >= 15 is 0 Å². The Labute approximate surface area is 153 Å². The van der Waals surface area contributed by atoms with Gasteiger partial charge in [-0.05, 0) is 58.8 Å². The molecular formula is C19H33NO4Si. The van der Waals surface area contributed by atoms with Crippen LogP contribution in [0.3, 0.4) is 0 Å². The number of rotatable bonds is 11. The zero-order chi connectivity index (χ0) is 18.8. The summed E-state index contributed by atoms with van der Waals surface area (Å²) < 4.78 is 17.6. The van der Waals surface area contributed by atoms with Crippen LogP contribution in [-0.2, 0) is 18.4 Å². The summed E-state index contributed by atoms with van der Waals surface area (Å²) in [6, 6.07) is 11.1. The summed E-state index contributed by atoms with van der Waals surface area (Å²) in [6.07, 6.45) is 0.879. The fraction of sp³-hybridized carbons (Fsp3) is 0.632. The first kappa shape index (κ1) is 21.8. The van der Waals surface area contributed by atoms with Crippen LogP contribution < -0.4 is 10.5 Å². The maximum Gasteiger partial charge on any atom is 0.372 e. The van der Waals surface area contributed by atoms with E-state index in [1.54, 1.807) is 0 Å². The Hall–Kier alpha value is -1.21. The summed E-state index contributed by atoms with van der Waals surface area (Å²) in [5.74, 6) is -0.228. The van der Waals surface area contributed by atoms with Crippen molar-refractivity contribution in [2.24, 2.45) is 0 Å². The van der Waals surface area contributed by atoms with Crippen molar-refractivity contribution in [2.75, 3.05) is 26.3 Å². The van der Waals surface area contributed by atoms with E-state index in [0.29, 0.717) is 13.2 Å². The Morgan fingerprint density at radius 2 is 1.68 bits per heavy atom. The van der Waals surface area contributed by atoms with Gasteiger partial charge < -0.3 is 18.9 Å². The molecule has 0 aliphatic rings. The first-order valence-electron chi connectivity index (χ1n) is 9.09. The Bertz CT molecular complexity index is 496. The van der Waals surface area contributed by atoms with E-state index in [1.165, 1.54) is 0 Å². The van der Waals surface area contributed by atoms with Crippen LogP contribution in [-0.4, -0.2) is 46.4 Å². The molecule has 1 aromatic rings. The van der Waals surface area contributed by atoms with Gasteiger partial charge in [-0.15, -0.1) is 0 Å².